The SMILES string of the molecule is C#Cc1ccc(CN=[N+]=[N-])o1. The van der Waals surface area contributed by atoms with Crippen molar-refractivity contribution in [3.8, 4) is 12.3 Å². The van der Waals surface area contributed by atoms with Gasteiger partial charge in [0.05, 0.1) is 6.54 Å². The van der Waals surface area contributed by atoms with E-state index >= 15 is 0 Å². The van der Waals surface area contributed by atoms with Crippen LogP contribution in [0.3, 0.4) is 0 Å². The third-order valence-electron chi connectivity index (χ3n) is 1.09. The lowest BCUT2D eigenvalue weighted by molar-refractivity contribution is 0.501. The van der Waals surface area contributed by atoms with Gasteiger partial charge in [0.25, 0.3) is 0 Å². The molecule has 0 unspecified atom stereocenters. The summed E-state index contributed by atoms with van der Waals surface area (Å²) in [6.07, 6.45) is 5.04. The van der Waals surface area contributed by atoms with Gasteiger partial charge in [0.1, 0.15) is 5.76 Å². The van der Waals surface area contributed by atoms with E-state index in [0.29, 0.717) is 11.5 Å². The van der Waals surface area contributed by atoms with Crippen LogP contribution in [0.15, 0.2) is 21.7 Å². The van der Waals surface area contributed by atoms with Crippen LogP contribution in [0.2, 0.25) is 0 Å². The number of furan rings is 1. The van der Waals surface area contributed by atoms with Gasteiger partial charge in [-0.3, -0.25) is 0 Å². The molecule has 1 heterocycles. The molecular formula is C7H5N3O. The maximum atomic E-state index is 7.97. The predicted octanol–water partition coefficient (Wildman–Crippen LogP) is 2.07. The van der Waals surface area contributed by atoms with Crippen LogP contribution in [-0.2, 0) is 6.54 Å². The van der Waals surface area contributed by atoms with Gasteiger partial charge in [-0.2, -0.15) is 0 Å². The summed E-state index contributed by atoms with van der Waals surface area (Å²) in [6.45, 7) is 0.207. The molecule has 54 valence electrons. The Morgan fingerprint density at radius 3 is 3.09 bits per heavy atom. The van der Waals surface area contributed by atoms with E-state index in [2.05, 4.69) is 15.9 Å². The molecule has 1 aromatic heterocycles. The highest BCUT2D eigenvalue weighted by molar-refractivity contribution is 5.22. The van der Waals surface area contributed by atoms with E-state index in [1.165, 1.54) is 0 Å². The summed E-state index contributed by atoms with van der Waals surface area (Å²) in [5, 5.41) is 3.31. The molecule has 0 aliphatic carbocycles. The van der Waals surface area contributed by atoms with Crippen molar-refractivity contribution in [3.63, 3.8) is 0 Å². The number of terminal acetylenes is 1. The minimum absolute atomic E-state index is 0.207. The molecular weight excluding hydrogens is 142 g/mol. The normalized spacial score (nSPS) is 8.27. The molecule has 0 radical (unpaired) electrons. The minimum Gasteiger partial charge on any atom is -0.453 e. The van der Waals surface area contributed by atoms with Crippen molar-refractivity contribution >= 4 is 0 Å². The number of rotatable bonds is 2. The number of azide groups is 1. The fourth-order valence-electron chi connectivity index (χ4n) is 0.642. The Morgan fingerprint density at radius 1 is 1.73 bits per heavy atom. The van der Waals surface area contributed by atoms with Crippen LogP contribution >= 0.6 is 0 Å². The predicted molar refractivity (Wildman–Crippen MR) is 39.5 cm³/mol. The quantitative estimate of drug-likeness (QED) is 0.273. The molecule has 0 aromatic carbocycles. The Bertz CT molecular complexity index is 328. The van der Waals surface area contributed by atoms with E-state index in [1.54, 1.807) is 12.1 Å². The van der Waals surface area contributed by atoms with Crippen LogP contribution in [-0.4, -0.2) is 0 Å². The largest absolute Gasteiger partial charge is 0.453 e. The molecule has 0 saturated carbocycles. The van der Waals surface area contributed by atoms with Crippen molar-refractivity contribution < 1.29 is 4.42 Å². The van der Waals surface area contributed by atoms with Gasteiger partial charge in [-0.15, -0.1) is 6.42 Å². The van der Waals surface area contributed by atoms with Gasteiger partial charge in [-0.05, 0) is 23.6 Å². The van der Waals surface area contributed by atoms with Gasteiger partial charge in [0.2, 0.25) is 0 Å². The van der Waals surface area contributed by atoms with E-state index in [1.807, 2.05) is 0 Å². The maximum absolute atomic E-state index is 7.97. The standard InChI is InChI=1S/C7H5N3O/c1-2-6-3-4-7(11-6)5-9-10-8/h1,3-4H,5H2. The van der Waals surface area contributed by atoms with Crippen LogP contribution in [0.5, 0.6) is 0 Å². The fraction of sp³-hybridized carbons (Fsp3) is 0.143. The smallest absolute Gasteiger partial charge is 0.176 e. The highest BCUT2D eigenvalue weighted by Crippen LogP contribution is 2.07. The molecule has 4 nitrogen and oxygen atoms in total. The Labute approximate surface area is 63.5 Å². The number of hydrogen-bond donors (Lipinski definition) is 0. The van der Waals surface area contributed by atoms with Gasteiger partial charge < -0.3 is 4.42 Å². The van der Waals surface area contributed by atoms with Gasteiger partial charge in [0.15, 0.2) is 5.76 Å². The van der Waals surface area contributed by atoms with Crippen molar-refractivity contribution in [3.05, 3.63) is 34.1 Å². The lowest BCUT2D eigenvalue weighted by Gasteiger charge is -1.83. The van der Waals surface area contributed by atoms with E-state index in [-0.39, 0.29) is 6.54 Å². The number of nitrogens with zero attached hydrogens (tertiary/aromatic N) is 3. The molecule has 0 spiro atoms. The van der Waals surface area contributed by atoms with Crippen LogP contribution in [0.1, 0.15) is 11.5 Å². The Kier molecular flexibility index (Phi) is 2.21. The zero-order valence-electron chi connectivity index (χ0n) is 5.69. The second-order valence-corrected chi connectivity index (χ2v) is 1.80. The first-order valence-electron chi connectivity index (χ1n) is 2.93. The fourth-order valence-corrected chi connectivity index (χ4v) is 0.642. The average Bonchev–Trinajstić information content (AvgIpc) is 2.48. The molecule has 0 amide bonds. The van der Waals surface area contributed by atoms with E-state index in [9.17, 15) is 0 Å². The molecule has 0 aliphatic heterocycles. The monoisotopic (exact) mass is 147 g/mol. The molecule has 0 atom stereocenters. The van der Waals surface area contributed by atoms with E-state index in [4.69, 9.17) is 16.4 Å². The summed E-state index contributed by atoms with van der Waals surface area (Å²) in [5.74, 6) is 3.35. The molecule has 1 rings (SSSR count). The van der Waals surface area contributed by atoms with Crippen molar-refractivity contribution in [1.29, 1.82) is 0 Å². The lowest BCUT2D eigenvalue weighted by Crippen LogP contribution is -1.71. The molecule has 11 heavy (non-hydrogen) atoms. The third-order valence-corrected chi connectivity index (χ3v) is 1.09. The first kappa shape index (κ1) is 7.26. The topological polar surface area (TPSA) is 61.9 Å². The molecule has 1 aromatic rings. The van der Waals surface area contributed by atoms with Crippen molar-refractivity contribution in [2.75, 3.05) is 0 Å². The Hall–Kier alpha value is -1.85. The Balaban J connectivity index is 2.74. The zero-order chi connectivity index (χ0) is 8.10. The highest BCUT2D eigenvalue weighted by atomic mass is 16.3. The molecule has 0 aliphatic rings. The summed E-state index contributed by atoms with van der Waals surface area (Å²) in [4.78, 5) is 2.58. The van der Waals surface area contributed by atoms with Gasteiger partial charge >= 0.3 is 0 Å². The van der Waals surface area contributed by atoms with E-state index < -0.39 is 0 Å². The first-order chi connectivity index (χ1) is 5.36. The van der Waals surface area contributed by atoms with Gasteiger partial charge in [0, 0.05) is 4.91 Å². The van der Waals surface area contributed by atoms with Crippen molar-refractivity contribution in [2.45, 2.75) is 6.54 Å². The number of hydrogen-bond acceptors (Lipinski definition) is 2. The average molecular weight is 147 g/mol. The van der Waals surface area contributed by atoms with Crippen LogP contribution in [0, 0.1) is 12.3 Å². The molecule has 0 fully saturated rings. The second kappa shape index (κ2) is 3.35. The van der Waals surface area contributed by atoms with Crippen LogP contribution in [0.4, 0.5) is 0 Å². The maximum Gasteiger partial charge on any atom is 0.176 e. The van der Waals surface area contributed by atoms with Crippen LogP contribution in [0.25, 0.3) is 10.4 Å². The molecule has 0 N–H and O–H groups in total. The minimum atomic E-state index is 0.207. The van der Waals surface area contributed by atoms with Crippen molar-refractivity contribution in [2.24, 2.45) is 5.11 Å². The molecule has 4 heteroatoms. The summed E-state index contributed by atoms with van der Waals surface area (Å²) in [6, 6.07) is 3.34. The second-order valence-electron chi connectivity index (χ2n) is 1.80. The van der Waals surface area contributed by atoms with Crippen molar-refractivity contribution in [1.82, 2.24) is 0 Å². The summed E-state index contributed by atoms with van der Waals surface area (Å²) in [7, 11) is 0. The molecule has 0 bridgehead atoms. The Morgan fingerprint density at radius 2 is 2.55 bits per heavy atom. The molecule has 0 saturated heterocycles. The summed E-state index contributed by atoms with van der Waals surface area (Å²) in [5.41, 5.74) is 7.97. The summed E-state index contributed by atoms with van der Waals surface area (Å²) >= 11 is 0. The first-order valence-corrected chi connectivity index (χ1v) is 2.93. The third kappa shape index (κ3) is 1.78. The zero-order valence-corrected chi connectivity index (χ0v) is 5.69. The lowest BCUT2D eigenvalue weighted by atomic mass is 10.4. The summed E-state index contributed by atoms with van der Waals surface area (Å²) < 4.78 is 5.03. The van der Waals surface area contributed by atoms with Gasteiger partial charge in [-0.25, -0.2) is 0 Å². The van der Waals surface area contributed by atoms with Crippen LogP contribution < -0.4 is 0 Å². The highest BCUT2D eigenvalue weighted by Gasteiger charge is 1.95. The van der Waals surface area contributed by atoms with Gasteiger partial charge in [-0.1, -0.05) is 5.11 Å². The van der Waals surface area contributed by atoms with E-state index in [0.717, 1.165) is 0 Å².